The molecular weight excluding hydrogens is 1220 g/mol. The molecule has 0 amide bonds. The topological polar surface area (TPSA) is 16.3 Å². The van der Waals surface area contributed by atoms with Crippen LogP contribution in [0.1, 0.15) is 141 Å². The third-order valence-corrected chi connectivity index (χ3v) is 21.8. The zero-order valence-electron chi connectivity index (χ0n) is 61.7. The van der Waals surface area contributed by atoms with Crippen LogP contribution in [-0.4, -0.2) is 9.13 Å². The van der Waals surface area contributed by atoms with Gasteiger partial charge in [-0.1, -0.05) is 248 Å². The lowest BCUT2D eigenvalue weighted by Crippen LogP contribution is -2.18. The van der Waals surface area contributed by atoms with Crippen molar-refractivity contribution in [3.63, 3.8) is 0 Å². The number of hydrogen-bond donors (Lipinski definition) is 0. The smallest absolute Gasteiger partial charge is 0.0543 e. The molecule has 0 atom stereocenters. The molecule has 101 heavy (non-hydrogen) atoms. The quantitative estimate of drug-likeness (QED) is 0.136. The van der Waals surface area contributed by atoms with E-state index in [9.17, 15) is 0 Å². The summed E-state index contributed by atoms with van der Waals surface area (Å²) < 4.78 is 4.99. The summed E-state index contributed by atoms with van der Waals surface area (Å²) >= 11 is 0. The van der Waals surface area contributed by atoms with Crippen molar-refractivity contribution < 1.29 is 0 Å². The lowest BCUT2D eigenvalue weighted by Gasteiger charge is -2.30. The molecule has 15 aromatic rings. The van der Waals surface area contributed by atoms with Crippen molar-refractivity contribution in [2.45, 2.75) is 138 Å². The van der Waals surface area contributed by atoms with Gasteiger partial charge in [0, 0.05) is 72.2 Å². The fraction of sp³-hybridized carbons (Fsp3) is 0.216. The highest BCUT2D eigenvalue weighted by atomic mass is 15.2. The highest BCUT2D eigenvalue weighted by Gasteiger charge is 2.39. The van der Waals surface area contributed by atoms with Crippen molar-refractivity contribution >= 4 is 88.5 Å². The summed E-state index contributed by atoms with van der Waals surface area (Å²) in [5.74, 6) is 0. The molecule has 0 N–H and O–H groups in total. The summed E-state index contributed by atoms with van der Waals surface area (Å²) in [6, 6.07) is 102. The van der Waals surface area contributed by atoms with Crippen molar-refractivity contribution in [1.82, 2.24) is 9.13 Å². The van der Waals surface area contributed by atoms with Gasteiger partial charge in [0.25, 0.3) is 0 Å². The number of nitrogens with zero attached hydrogens (tertiary/aromatic N) is 4. The van der Waals surface area contributed by atoms with Gasteiger partial charge in [-0.15, -0.1) is 0 Å². The van der Waals surface area contributed by atoms with E-state index in [1.807, 2.05) is 0 Å². The Morgan fingerprint density at radius 3 is 1.07 bits per heavy atom. The molecule has 13 aromatic carbocycles. The van der Waals surface area contributed by atoms with E-state index in [-0.39, 0.29) is 21.7 Å². The second-order valence-corrected chi connectivity index (χ2v) is 33.4. The van der Waals surface area contributed by atoms with Gasteiger partial charge in [-0.3, -0.25) is 0 Å². The van der Waals surface area contributed by atoms with Gasteiger partial charge < -0.3 is 18.9 Å². The van der Waals surface area contributed by atoms with E-state index in [0.29, 0.717) is 0 Å². The van der Waals surface area contributed by atoms with Gasteiger partial charge >= 0.3 is 0 Å². The molecule has 1 aliphatic rings. The van der Waals surface area contributed by atoms with Crippen LogP contribution in [0.2, 0.25) is 0 Å². The van der Waals surface area contributed by atoms with Crippen LogP contribution in [0.5, 0.6) is 0 Å². The van der Waals surface area contributed by atoms with Crippen molar-refractivity contribution in [2.24, 2.45) is 0 Å². The highest BCUT2D eigenvalue weighted by molar-refractivity contribution is 6.13. The predicted molar refractivity (Wildman–Crippen MR) is 435 cm³/mol. The Hall–Kier alpha value is -10.7. The van der Waals surface area contributed by atoms with Crippen molar-refractivity contribution in [1.29, 1.82) is 0 Å². The molecule has 2 aromatic heterocycles. The van der Waals surface area contributed by atoms with Crippen LogP contribution < -0.4 is 9.80 Å². The van der Waals surface area contributed by atoms with Gasteiger partial charge in [-0.25, -0.2) is 0 Å². The van der Waals surface area contributed by atoms with Gasteiger partial charge in [0.05, 0.1) is 27.8 Å². The average Bonchev–Trinajstić information content (AvgIpc) is 1.57. The first-order valence-electron chi connectivity index (χ1n) is 36.2. The van der Waals surface area contributed by atoms with Gasteiger partial charge in [-0.05, 0) is 235 Å². The molecular formula is C97H92N4. The Bertz CT molecular complexity index is 5660. The van der Waals surface area contributed by atoms with Crippen LogP contribution in [0, 0.1) is 13.8 Å². The lowest BCUT2D eigenvalue weighted by atomic mass is 9.81. The van der Waals surface area contributed by atoms with Gasteiger partial charge in [-0.2, -0.15) is 0 Å². The van der Waals surface area contributed by atoms with Crippen LogP contribution in [0.15, 0.2) is 267 Å². The Labute approximate surface area is 597 Å². The van der Waals surface area contributed by atoms with E-state index >= 15 is 0 Å². The van der Waals surface area contributed by atoms with Crippen LogP contribution in [0.25, 0.3) is 99.1 Å². The van der Waals surface area contributed by atoms with Crippen LogP contribution >= 0.6 is 0 Å². The Morgan fingerprint density at radius 1 is 0.277 bits per heavy atom. The Morgan fingerprint density at radius 2 is 0.653 bits per heavy atom. The highest BCUT2D eigenvalue weighted by Crippen LogP contribution is 2.56. The molecule has 0 bridgehead atoms. The maximum atomic E-state index is 2.53. The lowest BCUT2D eigenvalue weighted by molar-refractivity contribution is 0.590. The summed E-state index contributed by atoms with van der Waals surface area (Å²) in [5, 5.41) is 7.53. The van der Waals surface area contributed by atoms with Crippen molar-refractivity contribution in [3.05, 3.63) is 311 Å². The number of benzene rings is 13. The normalized spacial score (nSPS) is 13.2. The molecule has 0 radical (unpaired) electrons. The minimum atomic E-state index is -0.424. The largest absolute Gasteiger partial charge is 0.310 e. The van der Waals surface area contributed by atoms with Gasteiger partial charge in [0.15, 0.2) is 0 Å². The van der Waals surface area contributed by atoms with E-state index in [1.165, 1.54) is 132 Å². The minimum absolute atomic E-state index is 0.00572. The fourth-order valence-electron chi connectivity index (χ4n) is 16.0. The molecule has 2 heterocycles. The summed E-state index contributed by atoms with van der Waals surface area (Å²) in [6.07, 6.45) is 0. The molecule has 16 rings (SSSR count). The molecule has 4 nitrogen and oxygen atoms in total. The van der Waals surface area contributed by atoms with E-state index in [4.69, 9.17) is 0 Å². The molecule has 0 spiro atoms. The Balaban J connectivity index is 0.866. The van der Waals surface area contributed by atoms with E-state index < -0.39 is 5.41 Å². The zero-order chi connectivity index (χ0) is 70.4. The van der Waals surface area contributed by atoms with Gasteiger partial charge in [0.2, 0.25) is 0 Å². The summed E-state index contributed by atoms with van der Waals surface area (Å²) in [6.45, 7) is 37.0. The minimum Gasteiger partial charge on any atom is -0.310 e. The number of aromatic nitrogens is 2. The van der Waals surface area contributed by atoms with Crippen molar-refractivity contribution in [2.75, 3.05) is 9.80 Å². The number of hydrogen-bond acceptors (Lipinski definition) is 2. The standard InChI is InChI=1S/C97H92N4/c1-61-23-19-25-65(51-61)63-33-41-71(42-34-63)98(73-27-21-29-75(57-73)100-87-47-37-67(93(3,4)5)53-81(87)82-54-68(94(6,7)8)38-48-88(82)100)77-45-46-80-85(59-77)97(15,16)86-60-91(78-31-17-18-32-79(78)92(80)86)99(72-43-35-64(36-44-72)66-26-20-24-62(2)52-66)74-28-22-30-76(58-74)101-89-49-39-69(95(9,10)11)55-83(89)84-56-70(96(12,13)14)40-50-90(84)101/h17-60H,1-16H3. The number of aryl methyl sites for hydroxylation is 2. The first kappa shape index (κ1) is 65.0. The zero-order valence-corrected chi connectivity index (χ0v) is 61.7. The van der Waals surface area contributed by atoms with Crippen molar-refractivity contribution in [3.8, 4) is 44.8 Å². The summed E-state index contributed by atoms with van der Waals surface area (Å²) in [5.41, 5.74) is 30.9. The number of anilines is 6. The maximum Gasteiger partial charge on any atom is 0.0543 e. The molecule has 0 saturated carbocycles. The maximum absolute atomic E-state index is 2.53. The molecule has 0 saturated heterocycles. The number of rotatable bonds is 10. The molecule has 4 heteroatoms. The van der Waals surface area contributed by atoms with Crippen LogP contribution in [-0.2, 0) is 27.1 Å². The first-order chi connectivity index (χ1) is 48.1. The van der Waals surface area contributed by atoms with E-state index in [2.05, 4.69) is 397 Å². The first-order valence-corrected chi connectivity index (χ1v) is 36.2. The molecule has 0 unspecified atom stereocenters. The second kappa shape index (κ2) is 23.7. The predicted octanol–water partition coefficient (Wildman–Crippen LogP) is 27.4. The monoisotopic (exact) mass is 1310 g/mol. The second-order valence-electron chi connectivity index (χ2n) is 33.4. The average molecular weight is 1310 g/mol. The molecule has 0 aliphatic heterocycles. The third kappa shape index (κ3) is 11.3. The SMILES string of the molecule is Cc1cccc(-c2ccc(N(c3cccc(-n4c5ccc(C(C)(C)C)cc5c5cc(C(C)(C)C)ccc54)c3)c3ccc4c(c3)C(C)(C)c3cc(N(c5ccc(-c6cccc(C)c6)cc5)c5cccc(-n6c7ccc(C(C)(C)C)cc7c7cc(C(C)(C)C)ccc76)c5)c5ccccc5c3-4)cc2)c1. The fourth-order valence-corrected chi connectivity index (χ4v) is 16.0. The molecule has 1 aliphatic carbocycles. The van der Waals surface area contributed by atoms with E-state index in [0.717, 1.165) is 45.5 Å². The summed E-state index contributed by atoms with van der Waals surface area (Å²) in [4.78, 5) is 5.01. The molecule has 0 fully saturated rings. The summed E-state index contributed by atoms with van der Waals surface area (Å²) in [7, 11) is 0. The van der Waals surface area contributed by atoms with Crippen LogP contribution in [0.3, 0.4) is 0 Å². The van der Waals surface area contributed by atoms with Gasteiger partial charge in [0.1, 0.15) is 0 Å². The number of fused-ring (bicyclic) bond motifs is 11. The molecule has 500 valence electrons. The van der Waals surface area contributed by atoms with E-state index in [1.54, 1.807) is 0 Å². The van der Waals surface area contributed by atoms with Crippen LogP contribution in [0.4, 0.5) is 34.1 Å². The third-order valence-electron chi connectivity index (χ3n) is 21.8. The Kier molecular flexibility index (Phi) is 15.3.